The Morgan fingerprint density at radius 1 is 1.26 bits per heavy atom. The van der Waals surface area contributed by atoms with E-state index in [-0.39, 0.29) is 29.5 Å². The van der Waals surface area contributed by atoms with Gasteiger partial charge in [-0.25, -0.2) is 13.2 Å². The normalized spacial score (nSPS) is 19.3. The number of amides is 3. The van der Waals surface area contributed by atoms with Gasteiger partial charge in [0.1, 0.15) is 0 Å². The van der Waals surface area contributed by atoms with Crippen LogP contribution in [0, 0.1) is 0 Å². The number of nitrogens with one attached hydrogen (secondary N) is 3. The Hall–Kier alpha value is -2.09. The molecule has 3 N–H and O–H groups in total. The number of carbonyl (C=O) groups excluding carboxylic acids is 2. The van der Waals surface area contributed by atoms with Gasteiger partial charge in [-0.2, -0.15) is 0 Å². The summed E-state index contributed by atoms with van der Waals surface area (Å²) in [6.07, 6.45) is 0.423. The molecular weight excluding hydrogens is 318 g/mol. The molecule has 8 heteroatoms. The molecular formula is C15H21N3O4S. The first kappa shape index (κ1) is 17.3. The van der Waals surface area contributed by atoms with Gasteiger partial charge in [-0.15, -0.1) is 0 Å². The summed E-state index contributed by atoms with van der Waals surface area (Å²) in [5.41, 5.74) is 0.916. The molecule has 0 aliphatic carbocycles. The molecule has 0 unspecified atom stereocenters. The lowest BCUT2D eigenvalue weighted by Gasteiger charge is -2.13. The van der Waals surface area contributed by atoms with Crippen LogP contribution in [-0.4, -0.2) is 43.9 Å². The highest BCUT2D eigenvalue weighted by molar-refractivity contribution is 7.91. The van der Waals surface area contributed by atoms with Crippen LogP contribution in [0.25, 0.3) is 0 Å². The molecule has 0 bridgehead atoms. The summed E-state index contributed by atoms with van der Waals surface area (Å²) in [5.74, 6) is -0.147. The quantitative estimate of drug-likeness (QED) is 0.765. The summed E-state index contributed by atoms with van der Waals surface area (Å²) in [4.78, 5) is 23.9. The fraction of sp³-hybridized carbons (Fsp3) is 0.467. The third-order valence-corrected chi connectivity index (χ3v) is 5.14. The molecule has 1 aliphatic rings. The third kappa shape index (κ3) is 5.24. The van der Waals surface area contributed by atoms with Gasteiger partial charge in [0.2, 0.25) is 0 Å². The molecule has 126 valence electrons. The summed E-state index contributed by atoms with van der Waals surface area (Å²) in [7, 11) is -3.04. The van der Waals surface area contributed by atoms with Crippen LogP contribution in [0.2, 0.25) is 0 Å². The van der Waals surface area contributed by atoms with Crippen LogP contribution in [-0.2, 0) is 9.84 Å². The molecule has 3 amide bonds. The van der Waals surface area contributed by atoms with Crippen LogP contribution in [0.15, 0.2) is 24.3 Å². The minimum absolute atomic E-state index is 0.0201. The van der Waals surface area contributed by atoms with Gasteiger partial charge in [0, 0.05) is 23.3 Å². The molecule has 1 saturated heterocycles. The molecule has 23 heavy (non-hydrogen) atoms. The highest BCUT2D eigenvalue weighted by Gasteiger charge is 2.28. The Morgan fingerprint density at radius 2 is 2.00 bits per heavy atom. The molecule has 0 aromatic heterocycles. The van der Waals surface area contributed by atoms with Crippen molar-refractivity contribution >= 4 is 27.5 Å². The van der Waals surface area contributed by atoms with E-state index in [2.05, 4.69) is 16.0 Å². The third-order valence-electron chi connectivity index (χ3n) is 3.37. The van der Waals surface area contributed by atoms with Gasteiger partial charge >= 0.3 is 6.03 Å². The Morgan fingerprint density at radius 3 is 2.61 bits per heavy atom. The number of benzene rings is 1. The minimum Gasteiger partial charge on any atom is -0.350 e. The Bertz CT molecular complexity index is 700. The van der Waals surface area contributed by atoms with E-state index >= 15 is 0 Å². The van der Waals surface area contributed by atoms with E-state index in [1.54, 1.807) is 24.3 Å². The van der Waals surface area contributed by atoms with Crippen LogP contribution in [0.3, 0.4) is 0 Å². The summed E-state index contributed by atoms with van der Waals surface area (Å²) in [6.45, 7) is 3.73. The predicted octanol–water partition coefficient (Wildman–Crippen LogP) is 1.13. The van der Waals surface area contributed by atoms with E-state index in [0.29, 0.717) is 17.7 Å². The summed E-state index contributed by atoms with van der Waals surface area (Å²) >= 11 is 0. The van der Waals surface area contributed by atoms with Crippen molar-refractivity contribution in [2.45, 2.75) is 32.4 Å². The lowest BCUT2D eigenvalue weighted by Crippen LogP contribution is -2.38. The average molecular weight is 339 g/mol. The van der Waals surface area contributed by atoms with Gasteiger partial charge in [-0.1, -0.05) is 6.07 Å². The number of rotatable bonds is 4. The van der Waals surface area contributed by atoms with E-state index in [1.165, 1.54) is 0 Å². The predicted molar refractivity (Wildman–Crippen MR) is 88.3 cm³/mol. The second-order valence-corrected chi connectivity index (χ2v) is 8.14. The standard InChI is InChI=1S/C15H21N3O4S/c1-10(2)16-14(19)11-4-3-5-12(8-11)17-15(20)18-13-6-7-23(21,22)9-13/h3-5,8,10,13H,6-7,9H2,1-2H3,(H,16,19)(H2,17,18,20)/t13-/m0/s1. The second-order valence-electron chi connectivity index (χ2n) is 5.91. The Labute approximate surface area is 135 Å². The maximum atomic E-state index is 11.9. The largest absolute Gasteiger partial charge is 0.350 e. The van der Waals surface area contributed by atoms with Crippen LogP contribution in [0.1, 0.15) is 30.6 Å². The van der Waals surface area contributed by atoms with Gasteiger partial charge in [0.15, 0.2) is 9.84 Å². The van der Waals surface area contributed by atoms with Gasteiger partial charge in [0.05, 0.1) is 11.5 Å². The van der Waals surface area contributed by atoms with E-state index in [0.717, 1.165) is 0 Å². The first-order valence-electron chi connectivity index (χ1n) is 7.44. The zero-order valence-corrected chi connectivity index (χ0v) is 13.9. The van der Waals surface area contributed by atoms with Crippen molar-refractivity contribution in [1.82, 2.24) is 10.6 Å². The minimum atomic E-state index is -3.04. The molecule has 1 atom stereocenters. The first-order valence-corrected chi connectivity index (χ1v) is 9.26. The van der Waals surface area contributed by atoms with Crippen molar-refractivity contribution in [1.29, 1.82) is 0 Å². The molecule has 2 rings (SSSR count). The zero-order valence-electron chi connectivity index (χ0n) is 13.1. The average Bonchev–Trinajstić information content (AvgIpc) is 2.77. The monoisotopic (exact) mass is 339 g/mol. The summed E-state index contributed by atoms with van der Waals surface area (Å²) in [5, 5.41) is 8.03. The van der Waals surface area contributed by atoms with Crippen LogP contribution in [0.5, 0.6) is 0 Å². The van der Waals surface area contributed by atoms with Crippen LogP contribution >= 0.6 is 0 Å². The molecule has 1 aliphatic heterocycles. The van der Waals surface area contributed by atoms with Crippen molar-refractivity contribution in [3.8, 4) is 0 Å². The fourth-order valence-electron chi connectivity index (χ4n) is 2.35. The van der Waals surface area contributed by atoms with Crippen molar-refractivity contribution < 1.29 is 18.0 Å². The SMILES string of the molecule is CC(C)NC(=O)c1cccc(NC(=O)N[C@H]2CCS(=O)(=O)C2)c1. The number of sulfone groups is 1. The molecule has 0 spiro atoms. The van der Waals surface area contributed by atoms with E-state index < -0.39 is 15.9 Å². The molecule has 1 heterocycles. The summed E-state index contributed by atoms with van der Waals surface area (Å²) in [6, 6.07) is 5.74. The number of hydrogen-bond acceptors (Lipinski definition) is 4. The molecule has 7 nitrogen and oxygen atoms in total. The molecule has 1 fully saturated rings. The number of carbonyl (C=O) groups is 2. The Kier molecular flexibility index (Phi) is 5.25. The van der Waals surface area contributed by atoms with Gasteiger partial charge < -0.3 is 16.0 Å². The van der Waals surface area contributed by atoms with Crippen molar-refractivity contribution in [2.24, 2.45) is 0 Å². The maximum Gasteiger partial charge on any atom is 0.319 e. The zero-order chi connectivity index (χ0) is 17.0. The van der Waals surface area contributed by atoms with Crippen molar-refractivity contribution in [3.05, 3.63) is 29.8 Å². The molecule has 0 radical (unpaired) electrons. The lowest BCUT2D eigenvalue weighted by molar-refractivity contribution is 0.0943. The maximum absolute atomic E-state index is 11.9. The van der Waals surface area contributed by atoms with E-state index in [4.69, 9.17) is 0 Å². The number of urea groups is 1. The van der Waals surface area contributed by atoms with Gasteiger partial charge in [-0.05, 0) is 38.5 Å². The topological polar surface area (TPSA) is 104 Å². The number of anilines is 1. The van der Waals surface area contributed by atoms with Gasteiger partial charge in [0.25, 0.3) is 5.91 Å². The lowest BCUT2D eigenvalue weighted by atomic mass is 10.2. The molecule has 1 aromatic rings. The first-order chi connectivity index (χ1) is 10.7. The van der Waals surface area contributed by atoms with Crippen LogP contribution in [0.4, 0.5) is 10.5 Å². The van der Waals surface area contributed by atoms with Gasteiger partial charge in [-0.3, -0.25) is 4.79 Å². The molecule has 0 saturated carbocycles. The Balaban J connectivity index is 1.95. The molecule has 1 aromatic carbocycles. The smallest absolute Gasteiger partial charge is 0.319 e. The highest BCUT2D eigenvalue weighted by Crippen LogP contribution is 2.13. The van der Waals surface area contributed by atoms with E-state index in [9.17, 15) is 18.0 Å². The van der Waals surface area contributed by atoms with Crippen molar-refractivity contribution in [2.75, 3.05) is 16.8 Å². The highest BCUT2D eigenvalue weighted by atomic mass is 32.2. The number of hydrogen-bond donors (Lipinski definition) is 3. The van der Waals surface area contributed by atoms with E-state index in [1.807, 2.05) is 13.8 Å². The van der Waals surface area contributed by atoms with Crippen molar-refractivity contribution in [3.63, 3.8) is 0 Å². The summed E-state index contributed by atoms with van der Waals surface area (Å²) < 4.78 is 22.7. The van der Waals surface area contributed by atoms with Crippen LogP contribution < -0.4 is 16.0 Å². The second kappa shape index (κ2) is 6.99. The fourth-order valence-corrected chi connectivity index (χ4v) is 4.02.